The molecule has 0 bridgehead atoms. The molecule has 0 aliphatic carbocycles. The van der Waals surface area contributed by atoms with Crippen LogP contribution in [0, 0.1) is 0 Å². The Morgan fingerprint density at radius 1 is 1.25 bits per heavy atom. The molecule has 1 amide bonds. The minimum absolute atomic E-state index is 0.0532. The van der Waals surface area contributed by atoms with Gasteiger partial charge in [-0.1, -0.05) is 30.3 Å². The average Bonchev–Trinajstić information content (AvgIpc) is 2.43. The summed E-state index contributed by atoms with van der Waals surface area (Å²) in [5, 5.41) is 20.2. The van der Waals surface area contributed by atoms with Gasteiger partial charge in [-0.25, -0.2) is 0 Å². The van der Waals surface area contributed by atoms with Gasteiger partial charge >= 0.3 is 0 Å². The molecule has 1 atom stereocenters. The van der Waals surface area contributed by atoms with Crippen molar-refractivity contribution in [2.75, 3.05) is 0 Å². The number of carbonyl (C=O) groups excluding carboxylic acids is 1. The molecular formula is C14H14N2O4. The Labute approximate surface area is 114 Å². The average molecular weight is 274 g/mol. The number of primary amides is 1. The lowest BCUT2D eigenvalue weighted by Gasteiger charge is -2.18. The zero-order chi connectivity index (χ0) is 14.7. The van der Waals surface area contributed by atoms with Gasteiger partial charge in [0.05, 0.1) is 5.69 Å². The van der Waals surface area contributed by atoms with E-state index in [2.05, 4.69) is 0 Å². The van der Waals surface area contributed by atoms with Crippen molar-refractivity contribution in [3.63, 3.8) is 0 Å². The van der Waals surface area contributed by atoms with Gasteiger partial charge in [-0.3, -0.25) is 9.59 Å². The summed E-state index contributed by atoms with van der Waals surface area (Å²) in [4.78, 5) is 22.6. The summed E-state index contributed by atoms with van der Waals surface area (Å²) in [6, 6.07) is 9.62. The van der Waals surface area contributed by atoms with Crippen molar-refractivity contribution in [2.24, 2.45) is 5.73 Å². The van der Waals surface area contributed by atoms with Gasteiger partial charge in [-0.05, 0) is 5.56 Å². The number of benzene rings is 1. The fourth-order valence-corrected chi connectivity index (χ4v) is 1.96. The zero-order valence-electron chi connectivity index (χ0n) is 10.6. The van der Waals surface area contributed by atoms with E-state index < -0.39 is 23.2 Å². The molecule has 4 N–H and O–H groups in total. The lowest BCUT2D eigenvalue weighted by atomic mass is 10.0. The molecule has 0 radical (unpaired) electrons. The molecule has 20 heavy (non-hydrogen) atoms. The number of aromatic nitrogens is 1. The smallest absolute Gasteiger partial charge is 0.237 e. The number of hydrogen-bond donors (Lipinski definition) is 3. The predicted octanol–water partition coefficient (Wildman–Crippen LogP) is 0.121. The number of pyridine rings is 1. The number of hydrogen-bond acceptors (Lipinski definition) is 4. The van der Waals surface area contributed by atoms with Gasteiger partial charge in [0.25, 0.3) is 0 Å². The summed E-state index contributed by atoms with van der Waals surface area (Å²) in [5.41, 5.74) is 4.93. The molecule has 0 aliphatic rings. The van der Waals surface area contributed by atoms with E-state index in [-0.39, 0.29) is 12.2 Å². The van der Waals surface area contributed by atoms with E-state index in [1.165, 1.54) is 10.8 Å². The Morgan fingerprint density at radius 2 is 1.90 bits per heavy atom. The van der Waals surface area contributed by atoms with Crippen molar-refractivity contribution in [1.82, 2.24) is 4.57 Å². The number of nitrogens with zero attached hydrogens (tertiary/aromatic N) is 1. The standard InChI is InChI=1S/C14H14N2O4/c15-11(18)8-16-7-6-10(17)14(20)12(16)13(19)9-4-2-1-3-5-9/h1-7,13,19-20H,8H2,(H2,15,18). The molecular weight excluding hydrogens is 260 g/mol. The van der Waals surface area contributed by atoms with Crippen molar-refractivity contribution in [3.8, 4) is 5.75 Å². The van der Waals surface area contributed by atoms with Crippen molar-refractivity contribution < 1.29 is 15.0 Å². The van der Waals surface area contributed by atoms with Crippen molar-refractivity contribution in [2.45, 2.75) is 12.6 Å². The first-order valence-electron chi connectivity index (χ1n) is 5.94. The van der Waals surface area contributed by atoms with Crippen LogP contribution in [0.4, 0.5) is 0 Å². The van der Waals surface area contributed by atoms with Crippen LogP contribution in [0.5, 0.6) is 5.75 Å². The Kier molecular flexibility index (Phi) is 3.86. The van der Waals surface area contributed by atoms with Crippen LogP contribution in [0.15, 0.2) is 47.4 Å². The van der Waals surface area contributed by atoms with Crippen LogP contribution in [0.2, 0.25) is 0 Å². The van der Waals surface area contributed by atoms with E-state index in [0.717, 1.165) is 6.07 Å². The van der Waals surface area contributed by atoms with Gasteiger partial charge in [-0.15, -0.1) is 0 Å². The van der Waals surface area contributed by atoms with Crippen molar-refractivity contribution in [1.29, 1.82) is 0 Å². The number of aliphatic hydroxyl groups is 1. The first kappa shape index (κ1) is 13.8. The van der Waals surface area contributed by atoms with Crippen LogP contribution in [0.1, 0.15) is 17.4 Å². The van der Waals surface area contributed by atoms with Gasteiger partial charge < -0.3 is 20.5 Å². The van der Waals surface area contributed by atoms with Crippen LogP contribution in [0.3, 0.4) is 0 Å². The van der Waals surface area contributed by atoms with Gasteiger partial charge in [0.1, 0.15) is 12.6 Å². The van der Waals surface area contributed by atoms with Crippen LogP contribution >= 0.6 is 0 Å². The number of aromatic hydroxyl groups is 1. The van der Waals surface area contributed by atoms with Crippen molar-refractivity contribution >= 4 is 5.91 Å². The highest BCUT2D eigenvalue weighted by Crippen LogP contribution is 2.26. The minimum atomic E-state index is -1.23. The predicted molar refractivity (Wildman–Crippen MR) is 72.1 cm³/mol. The molecule has 0 saturated carbocycles. The molecule has 2 rings (SSSR count). The Balaban J connectivity index is 2.56. The lowest BCUT2D eigenvalue weighted by Crippen LogP contribution is -2.24. The Bertz CT molecular complexity index is 679. The largest absolute Gasteiger partial charge is 0.503 e. The Morgan fingerprint density at radius 3 is 2.50 bits per heavy atom. The third kappa shape index (κ3) is 2.70. The van der Waals surface area contributed by atoms with E-state index in [0.29, 0.717) is 5.56 Å². The normalized spacial score (nSPS) is 12.1. The number of amides is 1. The number of rotatable bonds is 4. The third-order valence-corrected chi connectivity index (χ3v) is 2.89. The highest BCUT2D eigenvalue weighted by Gasteiger charge is 2.20. The van der Waals surface area contributed by atoms with Crippen LogP contribution in [-0.2, 0) is 11.3 Å². The third-order valence-electron chi connectivity index (χ3n) is 2.89. The topological polar surface area (TPSA) is 106 Å². The maximum atomic E-state index is 11.5. The minimum Gasteiger partial charge on any atom is -0.503 e. The summed E-state index contributed by atoms with van der Waals surface area (Å²) in [7, 11) is 0. The van der Waals surface area contributed by atoms with E-state index in [4.69, 9.17) is 5.73 Å². The van der Waals surface area contributed by atoms with Crippen molar-refractivity contribution in [3.05, 3.63) is 64.1 Å². The van der Waals surface area contributed by atoms with E-state index in [1.807, 2.05) is 0 Å². The van der Waals surface area contributed by atoms with E-state index >= 15 is 0 Å². The highest BCUT2D eigenvalue weighted by molar-refractivity contribution is 5.73. The molecule has 6 heteroatoms. The number of aliphatic hydroxyl groups excluding tert-OH is 1. The summed E-state index contributed by atoms with van der Waals surface area (Å²) >= 11 is 0. The molecule has 1 heterocycles. The highest BCUT2D eigenvalue weighted by atomic mass is 16.3. The first-order valence-corrected chi connectivity index (χ1v) is 5.94. The number of nitrogens with two attached hydrogens (primary N) is 1. The molecule has 1 unspecified atom stereocenters. The molecule has 0 saturated heterocycles. The quantitative estimate of drug-likeness (QED) is 0.736. The van der Waals surface area contributed by atoms with Gasteiger partial charge in [0, 0.05) is 12.3 Å². The molecule has 104 valence electrons. The lowest BCUT2D eigenvalue weighted by molar-refractivity contribution is -0.118. The second-order valence-corrected chi connectivity index (χ2v) is 4.32. The van der Waals surface area contributed by atoms with E-state index in [9.17, 15) is 19.8 Å². The first-order chi connectivity index (χ1) is 9.50. The summed E-state index contributed by atoms with van der Waals surface area (Å²) in [6.07, 6.45) is 0.0818. The van der Waals surface area contributed by atoms with Crippen LogP contribution < -0.4 is 11.2 Å². The summed E-state index contributed by atoms with van der Waals surface area (Å²) in [6.45, 7) is -0.243. The summed E-state index contributed by atoms with van der Waals surface area (Å²) < 4.78 is 1.26. The van der Waals surface area contributed by atoms with E-state index in [1.54, 1.807) is 30.3 Å². The molecule has 0 spiro atoms. The molecule has 1 aromatic heterocycles. The molecule has 0 fully saturated rings. The second kappa shape index (κ2) is 5.58. The fourth-order valence-electron chi connectivity index (χ4n) is 1.96. The second-order valence-electron chi connectivity index (χ2n) is 4.32. The monoisotopic (exact) mass is 274 g/mol. The van der Waals surface area contributed by atoms with Crippen LogP contribution in [0.25, 0.3) is 0 Å². The maximum absolute atomic E-state index is 11.5. The number of carbonyl (C=O) groups is 1. The molecule has 0 aliphatic heterocycles. The van der Waals surface area contributed by atoms with Gasteiger partial charge in [0.2, 0.25) is 11.3 Å². The van der Waals surface area contributed by atoms with Crippen LogP contribution in [-0.4, -0.2) is 20.7 Å². The molecule has 2 aromatic rings. The SMILES string of the molecule is NC(=O)Cn1ccc(=O)c(O)c1C(O)c1ccccc1. The van der Waals surface area contributed by atoms with Gasteiger partial charge in [0.15, 0.2) is 5.75 Å². The maximum Gasteiger partial charge on any atom is 0.237 e. The van der Waals surface area contributed by atoms with Gasteiger partial charge in [-0.2, -0.15) is 0 Å². The molecule has 6 nitrogen and oxygen atoms in total. The Hall–Kier alpha value is -2.60. The summed E-state index contributed by atoms with van der Waals surface area (Å²) in [5.74, 6) is -1.24. The fraction of sp³-hybridized carbons (Fsp3) is 0.143. The molecule has 1 aromatic carbocycles. The zero-order valence-corrected chi connectivity index (χ0v) is 10.6.